The Balaban J connectivity index is 1.39. The van der Waals surface area contributed by atoms with Crippen LogP contribution >= 0.6 is 11.8 Å². The highest BCUT2D eigenvalue weighted by Gasteiger charge is 2.36. The molecule has 0 bridgehead atoms. The van der Waals surface area contributed by atoms with E-state index in [4.69, 9.17) is 4.74 Å². The maximum atomic E-state index is 12.9. The molecule has 0 spiro atoms. The third kappa shape index (κ3) is 6.42. The van der Waals surface area contributed by atoms with Gasteiger partial charge in [0.2, 0.25) is 5.91 Å². The van der Waals surface area contributed by atoms with Crippen molar-refractivity contribution in [1.29, 1.82) is 0 Å². The molecule has 0 atom stereocenters. The Hall–Kier alpha value is -4.44. The maximum absolute atomic E-state index is 12.9. The third-order valence-corrected chi connectivity index (χ3v) is 6.46. The summed E-state index contributed by atoms with van der Waals surface area (Å²) in [5.74, 6) is -0.471. The number of ether oxygens (including phenoxy) is 1. The summed E-state index contributed by atoms with van der Waals surface area (Å²) in [6.07, 6.45) is 1.58. The van der Waals surface area contributed by atoms with Gasteiger partial charge in [0.05, 0.1) is 9.83 Å². The number of amides is 3. The molecular weight excluding hydrogens is 494 g/mol. The number of nitrogens with one attached hydrogen (secondary N) is 1. The summed E-state index contributed by atoms with van der Waals surface area (Å²) < 4.78 is 5.77. The number of non-ortho nitro benzene ring substituents is 1. The van der Waals surface area contributed by atoms with E-state index in [2.05, 4.69) is 5.32 Å². The van der Waals surface area contributed by atoms with Crippen molar-refractivity contribution in [3.8, 4) is 5.75 Å². The summed E-state index contributed by atoms with van der Waals surface area (Å²) in [4.78, 5) is 49.3. The van der Waals surface area contributed by atoms with Crippen LogP contribution in [0.1, 0.15) is 22.3 Å². The molecular formula is C27H23N3O6S. The van der Waals surface area contributed by atoms with E-state index in [1.807, 2.05) is 32.0 Å². The Kier molecular flexibility index (Phi) is 7.69. The van der Waals surface area contributed by atoms with Gasteiger partial charge in [0, 0.05) is 17.8 Å². The van der Waals surface area contributed by atoms with Crippen molar-refractivity contribution in [2.75, 3.05) is 11.9 Å². The van der Waals surface area contributed by atoms with Crippen molar-refractivity contribution < 1.29 is 24.0 Å². The van der Waals surface area contributed by atoms with E-state index in [1.165, 1.54) is 12.1 Å². The summed E-state index contributed by atoms with van der Waals surface area (Å²) >= 11 is 0.773. The van der Waals surface area contributed by atoms with E-state index in [0.29, 0.717) is 17.0 Å². The minimum Gasteiger partial charge on any atom is -0.489 e. The molecule has 1 heterocycles. The zero-order valence-corrected chi connectivity index (χ0v) is 20.9. The van der Waals surface area contributed by atoms with Gasteiger partial charge in [0.15, 0.2) is 0 Å². The molecule has 0 saturated carbocycles. The first kappa shape index (κ1) is 25.6. The fraction of sp³-hybridized carbons (Fsp3) is 0.148. The number of nitro benzene ring substituents is 1. The van der Waals surface area contributed by atoms with Crippen molar-refractivity contribution in [3.63, 3.8) is 0 Å². The second-order valence-corrected chi connectivity index (χ2v) is 9.41. The molecule has 9 nitrogen and oxygen atoms in total. The lowest BCUT2D eigenvalue weighted by Gasteiger charge is -2.14. The van der Waals surface area contributed by atoms with Gasteiger partial charge in [-0.1, -0.05) is 24.3 Å². The van der Waals surface area contributed by atoms with Crippen molar-refractivity contribution in [3.05, 3.63) is 104 Å². The molecule has 0 radical (unpaired) electrons. The predicted molar refractivity (Wildman–Crippen MR) is 141 cm³/mol. The van der Waals surface area contributed by atoms with Gasteiger partial charge in [-0.2, -0.15) is 0 Å². The van der Waals surface area contributed by atoms with E-state index in [9.17, 15) is 24.5 Å². The molecule has 0 unspecified atom stereocenters. The molecule has 0 aliphatic carbocycles. The first-order valence-electron chi connectivity index (χ1n) is 11.3. The number of nitro groups is 1. The van der Waals surface area contributed by atoms with E-state index in [1.54, 1.807) is 42.5 Å². The van der Waals surface area contributed by atoms with Crippen LogP contribution in [0.15, 0.2) is 71.6 Å². The van der Waals surface area contributed by atoms with Crippen molar-refractivity contribution in [2.24, 2.45) is 0 Å². The monoisotopic (exact) mass is 517 g/mol. The quantitative estimate of drug-likeness (QED) is 0.239. The van der Waals surface area contributed by atoms with Gasteiger partial charge in [-0.05, 0) is 84.3 Å². The van der Waals surface area contributed by atoms with Gasteiger partial charge >= 0.3 is 0 Å². The van der Waals surface area contributed by atoms with Crippen LogP contribution in [0.3, 0.4) is 0 Å². The number of anilines is 1. The molecule has 0 aromatic heterocycles. The number of benzene rings is 3. The Morgan fingerprint density at radius 1 is 1.08 bits per heavy atom. The van der Waals surface area contributed by atoms with Gasteiger partial charge in [0.1, 0.15) is 18.9 Å². The zero-order chi connectivity index (χ0) is 26.5. The van der Waals surface area contributed by atoms with Crippen LogP contribution in [0.2, 0.25) is 0 Å². The lowest BCUT2D eigenvalue weighted by atomic mass is 10.1. The minimum atomic E-state index is -0.539. The Bertz CT molecular complexity index is 1420. The number of carbonyl (C=O) groups excluding carboxylic acids is 3. The Morgan fingerprint density at radius 2 is 1.84 bits per heavy atom. The van der Waals surface area contributed by atoms with Crippen molar-refractivity contribution in [2.45, 2.75) is 20.5 Å². The van der Waals surface area contributed by atoms with Crippen molar-refractivity contribution in [1.82, 2.24) is 4.90 Å². The minimum absolute atomic E-state index is 0.00227. The predicted octanol–water partition coefficient (Wildman–Crippen LogP) is 5.47. The lowest BCUT2D eigenvalue weighted by molar-refractivity contribution is -0.384. The average Bonchev–Trinajstić information content (AvgIpc) is 3.12. The van der Waals surface area contributed by atoms with Crippen LogP contribution in [0.5, 0.6) is 5.75 Å². The van der Waals surface area contributed by atoms with E-state index < -0.39 is 22.0 Å². The molecule has 188 valence electrons. The summed E-state index contributed by atoms with van der Waals surface area (Å²) in [6, 6.07) is 18.7. The lowest BCUT2D eigenvalue weighted by Crippen LogP contribution is -2.36. The summed E-state index contributed by atoms with van der Waals surface area (Å²) in [5, 5.41) is 13.0. The standard InChI is InChI=1S/C27H23N3O6S/c1-17-6-7-18(2)23(12-17)28-25(31)15-29-26(32)24(37-27(29)33)14-20-4-3-5-22(13-20)36-16-19-8-10-21(11-9-19)30(34)35/h3-14H,15-16H2,1-2H3,(H,28,31)/b24-14+. The maximum Gasteiger partial charge on any atom is 0.294 e. The molecule has 37 heavy (non-hydrogen) atoms. The molecule has 1 N–H and O–H groups in total. The number of nitrogens with zero attached hydrogens (tertiary/aromatic N) is 2. The molecule has 1 aliphatic heterocycles. The Labute approximate surface area is 217 Å². The number of aryl methyl sites for hydroxylation is 2. The number of thioether (sulfide) groups is 1. The number of hydrogen-bond donors (Lipinski definition) is 1. The molecule has 3 amide bonds. The molecule has 3 aromatic carbocycles. The van der Waals surface area contributed by atoms with Gasteiger partial charge in [-0.15, -0.1) is 0 Å². The summed E-state index contributed by atoms with van der Waals surface area (Å²) in [7, 11) is 0. The average molecular weight is 518 g/mol. The SMILES string of the molecule is Cc1ccc(C)c(NC(=O)CN2C(=O)S/C(=C/c3cccc(OCc4ccc([N+](=O)[O-])cc4)c3)C2=O)c1. The fourth-order valence-electron chi connectivity index (χ4n) is 3.57. The molecule has 4 rings (SSSR count). The largest absolute Gasteiger partial charge is 0.489 e. The third-order valence-electron chi connectivity index (χ3n) is 5.55. The van der Waals surface area contributed by atoms with Crippen LogP contribution in [0.25, 0.3) is 6.08 Å². The first-order chi connectivity index (χ1) is 17.7. The number of imide groups is 1. The highest BCUT2D eigenvalue weighted by molar-refractivity contribution is 8.18. The van der Waals surface area contributed by atoms with Crippen LogP contribution < -0.4 is 10.1 Å². The second kappa shape index (κ2) is 11.1. The van der Waals surface area contributed by atoms with Gasteiger partial charge < -0.3 is 10.1 Å². The first-order valence-corrected chi connectivity index (χ1v) is 12.1. The van der Waals surface area contributed by atoms with Gasteiger partial charge in [0.25, 0.3) is 16.8 Å². The molecule has 10 heteroatoms. The van der Waals surface area contributed by atoms with E-state index in [0.717, 1.165) is 33.4 Å². The molecule has 3 aromatic rings. The van der Waals surface area contributed by atoms with E-state index >= 15 is 0 Å². The number of carbonyl (C=O) groups is 3. The van der Waals surface area contributed by atoms with Gasteiger partial charge in [-0.3, -0.25) is 29.4 Å². The van der Waals surface area contributed by atoms with Gasteiger partial charge in [-0.25, -0.2) is 0 Å². The zero-order valence-electron chi connectivity index (χ0n) is 20.1. The second-order valence-electron chi connectivity index (χ2n) is 8.42. The smallest absolute Gasteiger partial charge is 0.294 e. The molecule has 1 saturated heterocycles. The van der Waals surface area contributed by atoms with Crippen LogP contribution in [0.4, 0.5) is 16.2 Å². The van der Waals surface area contributed by atoms with Crippen LogP contribution in [-0.4, -0.2) is 33.4 Å². The number of rotatable bonds is 8. The summed E-state index contributed by atoms with van der Waals surface area (Å²) in [6.45, 7) is 3.59. The topological polar surface area (TPSA) is 119 Å². The molecule has 1 fully saturated rings. The van der Waals surface area contributed by atoms with Crippen molar-refractivity contribution >= 4 is 46.3 Å². The number of hydrogen-bond acceptors (Lipinski definition) is 7. The highest BCUT2D eigenvalue weighted by atomic mass is 32.2. The van der Waals surface area contributed by atoms with E-state index in [-0.39, 0.29) is 23.7 Å². The highest BCUT2D eigenvalue weighted by Crippen LogP contribution is 2.32. The summed E-state index contributed by atoms with van der Waals surface area (Å²) in [5.41, 5.74) is 3.90. The fourth-order valence-corrected chi connectivity index (χ4v) is 4.40. The molecule has 1 aliphatic rings. The Morgan fingerprint density at radius 3 is 2.57 bits per heavy atom. The van der Waals surface area contributed by atoms with Crippen LogP contribution in [-0.2, 0) is 16.2 Å². The van der Waals surface area contributed by atoms with Crippen LogP contribution in [0, 0.1) is 24.0 Å². The normalized spacial score (nSPS) is 14.2.